The van der Waals surface area contributed by atoms with E-state index in [2.05, 4.69) is 0 Å². The first kappa shape index (κ1) is 11.1. The lowest BCUT2D eigenvalue weighted by molar-refractivity contribution is 0.0697. The second kappa shape index (κ2) is 4.01. The van der Waals surface area contributed by atoms with E-state index in [0.29, 0.717) is 10.9 Å². The maximum absolute atomic E-state index is 10.9. The van der Waals surface area contributed by atoms with Crippen LogP contribution in [-0.2, 0) is 0 Å². The first-order valence-electron chi connectivity index (χ1n) is 4.46. The van der Waals surface area contributed by atoms with E-state index in [9.17, 15) is 4.79 Å². The molecule has 76 valence electrons. The third kappa shape index (κ3) is 2.07. The number of carbonyl (C=O) groups is 1. The molecule has 1 N–H and O–H groups in total. The minimum atomic E-state index is -0.972. The number of hydrogen-bond acceptors (Lipinski definition) is 1. The van der Waals surface area contributed by atoms with E-state index in [-0.39, 0.29) is 5.56 Å². The fourth-order valence-corrected chi connectivity index (χ4v) is 1.48. The number of hydrogen-bond donors (Lipinski definition) is 1. The fraction of sp³-hybridized carbons (Fsp3) is 0.364. The number of halogens is 1. The molecular weight excluding hydrogens is 200 g/mol. The van der Waals surface area contributed by atoms with Gasteiger partial charge in [0.2, 0.25) is 0 Å². The second-order valence-corrected chi connectivity index (χ2v) is 4.04. The molecule has 0 bridgehead atoms. The van der Waals surface area contributed by atoms with Crippen molar-refractivity contribution < 1.29 is 9.90 Å². The van der Waals surface area contributed by atoms with Crippen molar-refractivity contribution in [1.29, 1.82) is 0 Å². The van der Waals surface area contributed by atoms with Gasteiger partial charge in [0.15, 0.2) is 0 Å². The Morgan fingerprint density at radius 2 is 2.00 bits per heavy atom. The van der Waals surface area contributed by atoms with Gasteiger partial charge in [-0.3, -0.25) is 0 Å². The third-order valence-electron chi connectivity index (χ3n) is 2.17. The molecule has 1 rings (SSSR count). The van der Waals surface area contributed by atoms with E-state index in [1.165, 1.54) is 0 Å². The summed E-state index contributed by atoms with van der Waals surface area (Å²) in [5.74, 6) is -0.662. The van der Waals surface area contributed by atoms with E-state index in [1.54, 1.807) is 6.07 Å². The molecule has 0 unspecified atom stereocenters. The normalized spacial score (nSPS) is 10.6. The zero-order valence-corrected chi connectivity index (χ0v) is 9.22. The molecule has 14 heavy (non-hydrogen) atoms. The van der Waals surface area contributed by atoms with Crippen LogP contribution in [0.2, 0.25) is 5.02 Å². The lowest BCUT2D eigenvalue weighted by atomic mass is 9.98. The smallest absolute Gasteiger partial charge is 0.337 e. The predicted molar refractivity (Wildman–Crippen MR) is 57.2 cm³/mol. The molecule has 0 spiro atoms. The monoisotopic (exact) mass is 212 g/mol. The third-order valence-corrected chi connectivity index (χ3v) is 2.68. The van der Waals surface area contributed by atoms with Crippen LogP contribution in [0.5, 0.6) is 0 Å². The van der Waals surface area contributed by atoms with Crippen LogP contribution in [0.1, 0.15) is 41.3 Å². The largest absolute Gasteiger partial charge is 0.478 e. The van der Waals surface area contributed by atoms with Gasteiger partial charge >= 0.3 is 5.97 Å². The lowest BCUT2D eigenvalue weighted by Crippen LogP contribution is -2.01. The molecule has 0 radical (unpaired) electrons. The molecule has 0 atom stereocenters. The molecule has 0 amide bonds. The highest BCUT2D eigenvalue weighted by Gasteiger charge is 2.13. The molecule has 1 aromatic rings. The van der Waals surface area contributed by atoms with Gasteiger partial charge in [-0.25, -0.2) is 4.79 Å². The van der Waals surface area contributed by atoms with Gasteiger partial charge in [0.25, 0.3) is 0 Å². The standard InChI is InChI=1S/C11H13ClO2/c1-6(2)8-4-7(3)10(12)9(5-8)11(13)14/h4-6H,1-3H3,(H,13,14). The van der Waals surface area contributed by atoms with Crippen LogP contribution >= 0.6 is 11.6 Å². The molecule has 0 heterocycles. The molecule has 0 aliphatic heterocycles. The fourth-order valence-electron chi connectivity index (χ4n) is 1.29. The highest BCUT2D eigenvalue weighted by molar-refractivity contribution is 6.34. The van der Waals surface area contributed by atoms with Gasteiger partial charge in [-0.1, -0.05) is 31.5 Å². The van der Waals surface area contributed by atoms with Crippen molar-refractivity contribution in [2.75, 3.05) is 0 Å². The van der Waals surface area contributed by atoms with Crippen LogP contribution in [0.25, 0.3) is 0 Å². The molecular formula is C11H13ClO2. The van der Waals surface area contributed by atoms with E-state index in [1.807, 2.05) is 26.8 Å². The summed E-state index contributed by atoms with van der Waals surface area (Å²) in [5, 5.41) is 9.25. The number of aryl methyl sites for hydroxylation is 1. The maximum Gasteiger partial charge on any atom is 0.337 e. The molecule has 2 nitrogen and oxygen atoms in total. The average Bonchev–Trinajstić information content (AvgIpc) is 2.08. The Bertz CT molecular complexity index is 370. The Hall–Kier alpha value is -1.02. The zero-order valence-electron chi connectivity index (χ0n) is 8.47. The van der Waals surface area contributed by atoms with Crippen LogP contribution in [0, 0.1) is 6.92 Å². The summed E-state index contributed by atoms with van der Waals surface area (Å²) >= 11 is 5.88. The zero-order chi connectivity index (χ0) is 10.9. The Morgan fingerprint density at radius 3 is 2.43 bits per heavy atom. The number of aromatic carboxylic acids is 1. The number of benzene rings is 1. The Morgan fingerprint density at radius 1 is 1.43 bits per heavy atom. The highest BCUT2D eigenvalue weighted by atomic mass is 35.5. The summed E-state index contributed by atoms with van der Waals surface area (Å²) in [6.07, 6.45) is 0. The van der Waals surface area contributed by atoms with E-state index in [4.69, 9.17) is 16.7 Å². The summed E-state index contributed by atoms with van der Waals surface area (Å²) in [4.78, 5) is 10.9. The molecule has 0 aliphatic rings. The highest BCUT2D eigenvalue weighted by Crippen LogP contribution is 2.26. The summed E-state index contributed by atoms with van der Waals surface area (Å²) in [6.45, 7) is 5.86. The van der Waals surface area contributed by atoms with Crippen LogP contribution in [0.15, 0.2) is 12.1 Å². The van der Waals surface area contributed by atoms with Crippen molar-refractivity contribution in [1.82, 2.24) is 0 Å². The van der Waals surface area contributed by atoms with Crippen LogP contribution in [0.3, 0.4) is 0 Å². The number of carboxylic acids is 1. The molecule has 0 aromatic heterocycles. The molecule has 0 fully saturated rings. The van der Waals surface area contributed by atoms with Crippen molar-refractivity contribution in [2.24, 2.45) is 0 Å². The Balaban J connectivity index is 3.35. The number of carboxylic acid groups (broad SMARTS) is 1. The topological polar surface area (TPSA) is 37.3 Å². The van der Waals surface area contributed by atoms with Crippen molar-refractivity contribution in [3.8, 4) is 0 Å². The first-order valence-corrected chi connectivity index (χ1v) is 4.84. The van der Waals surface area contributed by atoms with Crippen molar-refractivity contribution in [3.63, 3.8) is 0 Å². The van der Waals surface area contributed by atoms with Gasteiger partial charge in [-0.15, -0.1) is 0 Å². The average molecular weight is 213 g/mol. The van der Waals surface area contributed by atoms with Gasteiger partial charge in [0.05, 0.1) is 10.6 Å². The molecule has 0 saturated heterocycles. The summed E-state index contributed by atoms with van der Waals surface area (Å²) in [5.41, 5.74) is 2.01. The van der Waals surface area contributed by atoms with Crippen molar-refractivity contribution in [3.05, 3.63) is 33.8 Å². The van der Waals surface area contributed by atoms with E-state index < -0.39 is 5.97 Å². The quantitative estimate of drug-likeness (QED) is 0.815. The molecule has 3 heteroatoms. The maximum atomic E-state index is 10.9. The number of rotatable bonds is 2. The summed E-state index contributed by atoms with van der Waals surface area (Å²) < 4.78 is 0. The van der Waals surface area contributed by atoms with E-state index in [0.717, 1.165) is 11.1 Å². The van der Waals surface area contributed by atoms with Crippen molar-refractivity contribution in [2.45, 2.75) is 26.7 Å². The summed E-state index contributed by atoms with van der Waals surface area (Å²) in [7, 11) is 0. The van der Waals surface area contributed by atoms with Gasteiger partial charge in [-0.05, 0) is 30.0 Å². The van der Waals surface area contributed by atoms with Crippen molar-refractivity contribution >= 4 is 17.6 Å². The van der Waals surface area contributed by atoms with Crippen LogP contribution in [0.4, 0.5) is 0 Å². The Labute approximate surface area is 88.5 Å². The predicted octanol–water partition coefficient (Wildman–Crippen LogP) is 3.47. The molecule has 0 saturated carbocycles. The minimum absolute atomic E-state index is 0.190. The molecule has 0 aliphatic carbocycles. The Kier molecular flexibility index (Phi) is 3.17. The van der Waals surface area contributed by atoms with Gasteiger partial charge in [0.1, 0.15) is 0 Å². The SMILES string of the molecule is Cc1cc(C(C)C)cc(C(=O)O)c1Cl. The molecule has 1 aromatic carbocycles. The van der Waals surface area contributed by atoms with Crippen LogP contribution in [-0.4, -0.2) is 11.1 Å². The summed E-state index contributed by atoms with van der Waals surface area (Å²) in [6, 6.07) is 3.57. The first-order chi connectivity index (χ1) is 6.43. The second-order valence-electron chi connectivity index (χ2n) is 3.66. The van der Waals surface area contributed by atoms with E-state index >= 15 is 0 Å². The lowest BCUT2D eigenvalue weighted by Gasteiger charge is -2.10. The minimum Gasteiger partial charge on any atom is -0.478 e. The van der Waals surface area contributed by atoms with Gasteiger partial charge in [-0.2, -0.15) is 0 Å². The van der Waals surface area contributed by atoms with Gasteiger partial charge in [0, 0.05) is 0 Å². The van der Waals surface area contributed by atoms with Gasteiger partial charge < -0.3 is 5.11 Å². The van der Waals surface area contributed by atoms with Crippen LogP contribution < -0.4 is 0 Å².